The molecule has 0 unspecified atom stereocenters. The molecule has 0 saturated carbocycles. The van der Waals surface area contributed by atoms with E-state index in [9.17, 15) is 0 Å². The Morgan fingerprint density at radius 1 is 1.80 bits per heavy atom. The van der Waals surface area contributed by atoms with Gasteiger partial charge in [-0.05, 0) is 12.1 Å². The Morgan fingerprint density at radius 2 is 2.60 bits per heavy atom. The molecule has 1 aromatic rings. The minimum Gasteiger partial charge on any atom is -0.480 e. The Labute approximate surface area is 65.1 Å². The zero-order valence-corrected chi connectivity index (χ0v) is 4.66. The van der Waals surface area contributed by atoms with Crippen molar-refractivity contribution in [3.63, 3.8) is 0 Å². The van der Waals surface area contributed by atoms with Crippen LogP contribution in [0, 0.1) is 0 Å². The molecule has 0 saturated heterocycles. The largest absolute Gasteiger partial charge is 0.480 e. The average molecular weight is 143 g/mol. The van der Waals surface area contributed by atoms with Crippen LogP contribution in [0.5, 0.6) is 5.88 Å². The molecule has 1 aromatic heterocycles. The summed E-state index contributed by atoms with van der Waals surface area (Å²) >= 11 is 0. The molecule has 0 aliphatic carbocycles. The van der Waals surface area contributed by atoms with Gasteiger partial charge in [-0.1, -0.05) is 7.43 Å². The van der Waals surface area contributed by atoms with Crippen molar-refractivity contribution in [2.24, 2.45) is 0 Å². The zero-order chi connectivity index (χ0) is 9.19. The molecule has 0 bridgehead atoms. The quantitative estimate of drug-likeness (QED) is 0.644. The van der Waals surface area contributed by atoms with Crippen LogP contribution in [0.1, 0.15) is 11.5 Å². The minimum atomic E-state index is -2.50. The number of hydrogen-bond acceptors (Lipinski definition) is 3. The van der Waals surface area contributed by atoms with Crippen molar-refractivity contribution in [1.82, 2.24) is 4.98 Å². The summed E-state index contributed by atoms with van der Waals surface area (Å²) in [7, 11) is -2.50. The van der Waals surface area contributed by atoms with Crippen molar-refractivity contribution in [3.8, 4) is 5.88 Å². The lowest BCUT2D eigenvalue weighted by Gasteiger charge is -1.98. The summed E-state index contributed by atoms with van der Waals surface area (Å²) < 4.78 is 24.8. The number of hydrogen-bond donors (Lipinski definition) is 1. The second-order valence-corrected chi connectivity index (χ2v) is 1.50. The van der Waals surface area contributed by atoms with Crippen LogP contribution in [0.3, 0.4) is 0 Å². The first-order valence-electron chi connectivity index (χ1n) is 3.88. The van der Waals surface area contributed by atoms with Gasteiger partial charge in [0.1, 0.15) is 0 Å². The molecule has 10 heavy (non-hydrogen) atoms. The number of aromatic nitrogens is 1. The highest BCUT2D eigenvalue weighted by molar-refractivity contribution is 5.46. The van der Waals surface area contributed by atoms with E-state index in [-0.39, 0.29) is 19.0 Å². The maximum atomic E-state index is 6.78. The normalized spacial score (nSPS) is 13.8. The van der Waals surface area contributed by atoms with Gasteiger partial charge in [0.25, 0.3) is 0 Å². The number of nitrogens with two attached hydrogens (primary N) is 1. The summed E-state index contributed by atoms with van der Waals surface area (Å²) in [6.45, 7) is 0. The third-order valence-corrected chi connectivity index (χ3v) is 0.897. The fourth-order valence-corrected chi connectivity index (χ4v) is 0.489. The second-order valence-electron chi connectivity index (χ2n) is 1.50. The number of anilines is 1. The Bertz CT molecular complexity index is 275. The van der Waals surface area contributed by atoms with E-state index in [1.165, 1.54) is 12.3 Å². The molecule has 0 amide bonds. The Kier molecular flexibility index (Phi) is 1.69. The predicted octanol–water partition coefficient (Wildman–Crippen LogP) is 1.31. The molecule has 3 nitrogen and oxygen atoms in total. The molecular formula is C7H12N2O. The van der Waals surface area contributed by atoms with E-state index in [1.807, 2.05) is 0 Å². The SMILES string of the molecule is C.[2H]C([2H])([2H])Oc1ncccc1N. The first kappa shape index (κ1) is 4.55. The lowest BCUT2D eigenvalue weighted by molar-refractivity contribution is 0.400. The molecule has 0 atom stereocenters. The van der Waals surface area contributed by atoms with Gasteiger partial charge in [0.15, 0.2) is 0 Å². The van der Waals surface area contributed by atoms with Crippen LogP contribution in [-0.4, -0.2) is 12.0 Å². The molecule has 2 N–H and O–H groups in total. The summed E-state index contributed by atoms with van der Waals surface area (Å²) in [4.78, 5) is 3.66. The van der Waals surface area contributed by atoms with E-state index in [1.54, 1.807) is 6.07 Å². The van der Waals surface area contributed by atoms with Crippen molar-refractivity contribution in [1.29, 1.82) is 0 Å². The lowest BCUT2D eigenvalue weighted by atomic mass is 10.4. The van der Waals surface area contributed by atoms with Crippen LogP contribution in [0.4, 0.5) is 5.69 Å². The fraction of sp³-hybridized carbons (Fsp3) is 0.286. The fourth-order valence-electron chi connectivity index (χ4n) is 0.489. The molecule has 0 fully saturated rings. The Morgan fingerprint density at radius 3 is 3.20 bits per heavy atom. The molecule has 0 radical (unpaired) electrons. The van der Waals surface area contributed by atoms with Gasteiger partial charge >= 0.3 is 0 Å². The summed E-state index contributed by atoms with van der Waals surface area (Å²) in [5.41, 5.74) is 5.61. The van der Waals surface area contributed by atoms with Crippen molar-refractivity contribution in [3.05, 3.63) is 18.3 Å². The van der Waals surface area contributed by atoms with Crippen LogP contribution in [0.15, 0.2) is 18.3 Å². The number of methoxy groups -OCH3 is 1. The van der Waals surface area contributed by atoms with Gasteiger partial charge in [-0.2, -0.15) is 0 Å². The highest BCUT2D eigenvalue weighted by Gasteiger charge is 1.93. The highest BCUT2D eigenvalue weighted by Crippen LogP contribution is 2.13. The molecule has 0 spiro atoms. The molecular weight excluding hydrogens is 128 g/mol. The summed E-state index contributed by atoms with van der Waals surface area (Å²) in [6, 6.07) is 3.12. The monoisotopic (exact) mass is 143 g/mol. The van der Waals surface area contributed by atoms with Gasteiger partial charge in [-0.25, -0.2) is 4.98 Å². The molecule has 56 valence electrons. The molecule has 0 aliphatic heterocycles. The number of nitrogens with zero attached hydrogens (tertiary/aromatic N) is 1. The van der Waals surface area contributed by atoms with Gasteiger partial charge in [0.05, 0.1) is 16.8 Å². The standard InChI is InChI=1S/C6H8N2O.CH4/c1-9-6-5(7)3-2-4-8-6;/h2-4H,7H2,1H3;1H4/i1D3;. The first-order chi connectivity index (χ1) is 5.49. The van der Waals surface area contributed by atoms with Crippen LogP contribution < -0.4 is 10.5 Å². The minimum absolute atomic E-state index is 0. The van der Waals surface area contributed by atoms with Crippen molar-refractivity contribution < 1.29 is 8.85 Å². The summed E-state index contributed by atoms with van der Waals surface area (Å²) in [5, 5.41) is 0. The van der Waals surface area contributed by atoms with Crippen LogP contribution in [-0.2, 0) is 0 Å². The Balaban J connectivity index is 0.00000144. The molecule has 1 heterocycles. The summed E-state index contributed by atoms with van der Waals surface area (Å²) in [6.07, 6.45) is 1.41. The first-order valence-corrected chi connectivity index (χ1v) is 2.38. The van der Waals surface area contributed by atoms with Gasteiger partial charge < -0.3 is 10.5 Å². The topological polar surface area (TPSA) is 48.1 Å². The van der Waals surface area contributed by atoms with E-state index in [0.29, 0.717) is 0 Å². The van der Waals surface area contributed by atoms with Crippen LogP contribution >= 0.6 is 0 Å². The maximum Gasteiger partial charge on any atom is 0.236 e. The van der Waals surface area contributed by atoms with E-state index in [4.69, 9.17) is 9.85 Å². The van der Waals surface area contributed by atoms with Crippen molar-refractivity contribution in [2.45, 2.75) is 7.43 Å². The highest BCUT2D eigenvalue weighted by atomic mass is 16.5. The van der Waals surface area contributed by atoms with Crippen LogP contribution in [0.2, 0.25) is 0 Å². The van der Waals surface area contributed by atoms with Crippen molar-refractivity contribution >= 4 is 5.69 Å². The van der Waals surface area contributed by atoms with Gasteiger partial charge in [-0.3, -0.25) is 0 Å². The molecule has 0 aliphatic rings. The zero-order valence-electron chi connectivity index (χ0n) is 7.66. The second kappa shape index (κ2) is 3.71. The van der Waals surface area contributed by atoms with E-state index >= 15 is 0 Å². The average Bonchev–Trinajstić information content (AvgIpc) is 1.91. The Hall–Kier alpha value is -1.25. The smallest absolute Gasteiger partial charge is 0.236 e. The van der Waals surface area contributed by atoms with Gasteiger partial charge in [0.2, 0.25) is 5.88 Å². The van der Waals surface area contributed by atoms with Gasteiger partial charge in [-0.15, -0.1) is 0 Å². The van der Waals surface area contributed by atoms with E-state index < -0.39 is 7.04 Å². The molecule has 3 heteroatoms. The predicted molar refractivity (Wildman–Crippen MR) is 41.9 cm³/mol. The molecule has 0 aromatic carbocycles. The van der Waals surface area contributed by atoms with Crippen molar-refractivity contribution in [2.75, 3.05) is 12.8 Å². The van der Waals surface area contributed by atoms with Gasteiger partial charge in [0, 0.05) is 6.20 Å². The van der Waals surface area contributed by atoms with Crippen LogP contribution in [0.25, 0.3) is 0 Å². The summed E-state index contributed by atoms with van der Waals surface area (Å²) in [5.74, 6) is -0.0579. The third-order valence-electron chi connectivity index (χ3n) is 0.897. The number of pyridine rings is 1. The lowest BCUT2D eigenvalue weighted by Crippen LogP contribution is -1.93. The maximum absolute atomic E-state index is 6.78. The third kappa shape index (κ3) is 1.62. The number of ether oxygens (including phenoxy) is 1. The van der Waals surface area contributed by atoms with E-state index in [0.717, 1.165) is 0 Å². The molecule has 1 rings (SSSR count). The van der Waals surface area contributed by atoms with E-state index in [2.05, 4.69) is 9.72 Å². The number of nitrogen functional groups attached to an aromatic ring is 1. The number of rotatable bonds is 1.